The van der Waals surface area contributed by atoms with Crippen molar-refractivity contribution in [3.8, 4) is 0 Å². The second-order valence-electron chi connectivity index (χ2n) is 5.51. The molecule has 0 heterocycles. The SMILES string of the molecule is Cc1cc(C)c(C(=O)N(CCC(=O)O)C(C)C)c(C)c1. The van der Waals surface area contributed by atoms with Gasteiger partial charge in [0.05, 0.1) is 6.42 Å². The van der Waals surface area contributed by atoms with Crippen LogP contribution < -0.4 is 0 Å². The molecule has 4 heteroatoms. The molecule has 0 saturated heterocycles. The average Bonchev–Trinajstić information content (AvgIpc) is 2.26. The molecule has 0 saturated carbocycles. The largest absolute Gasteiger partial charge is 0.481 e. The van der Waals surface area contributed by atoms with Crippen LogP contribution in [0.15, 0.2) is 12.1 Å². The number of rotatable bonds is 5. The molecule has 1 amide bonds. The number of benzene rings is 1. The number of nitrogens with zero attached hydrogens (tertiary/aromatic N) is 1. The summed E-state index contributed by atoms with van der Waals surface area (Å²) in [6.07, 6.45) is -0.0339. The molecule has 4 nitrogen and oxygen atoms in total. The lowest BCUT2D eigenvalue weighted by Gasteiger charge is -2.27. The zero-order valence-corrected chi connectivity index (χ0v) is 12.9. The molecule has 0 atom stereocenters. The number of carboxylic acid groups (broad SMARTS) is 1. The van der Waals surface area contributed by atoms with Crippen LogP contribution in [0.5, 0.6) is 0 Å². The fraction of sp³-hybridized carbons (Fsp3) is 0.500. The van der Waals surface area contributed by atoms with Gasteiger partial charge in [-0.05, 0) is 45.7 Å². The lowest BCUT2D eigenvalue weighted by atomic mass is 9.98. The monoisotopic (exact) mass is 277 g/mol. The van der Waals surface area contributed by atoms with Crippen molar-refractivity contribution in [2.24, 2.45) is 0 Å². The third-order valence-electron chi connectivity index (χ3n) is 3.34. The van der Waals surface area contributed by atoms with E-state index in [4.69, 9.17) is 5.11 Å². The Bertz CT molecular complexity index is 497. The van der Waals surface area contributed by atoms with Crippen molar-refractivity contribution in [3.63, 3.8) is 0 Å². The highest BCUT2D eigenvalue weighted by Gasteiger charge is 2.22. The van der Waals surface area contributed by atoms with Gasteiger partial charge in [0.15, 0.2) is 0 Å². The first kappa shape index (κ1) is 16.2. The van der Waals surface area contributed by atoms with Gasteiger partial charge in [-0.15, -0.1) is 0 Å². The van der Waals surface area contributed by atoms with E-state index in [-0.39, 0.29) is 24.9 Å². The lowest BCUT2D eigenvalue weighted by Crippen LogP contribution is -2.39. The van der Waals surface area contributed by atoms with Gasteiger partial charge in [0.2, 0.25) is 0 Å². The summed E-state index contributed by atoms with van der Waals surface area (Å²) in [5.41, 5.74) is 3.69. The molecule has 0 aromatic heterocycles. The maximum absolute atomic E-state index is 12.7. The molecule has 1 N–H and O–H groups in total. The number of hydrogen-bond donors (Lipinski definition) is 1. The van der Waals surface area contributed by atoms with Crippen LogP contribution in [-0.4, -0.2) is 34.5 Å². The van der Waals surface area contributed by atoms with Crippen LogP contribution in [0.4, 0.5) is 0 Å². The predicted molar refractivity (Wildman–Crippen MR) is 79.1 cm³/mol. The Balaban J connectivity index is 3.10. The number of aryl methyl sites for hydroxylation is 3. The van der Waals surface area contributed by atoms with E-state index >= 15 is 0 Å². The zero-order chi connectivity index (χ0) is 15.4. The summed E-state index contributed by atoms with van der Waals surface area (Å²) in [5, 5.41) is 8.80. The Labute approximate surface area is 120 Å². The van der Waals surface area contributed by atoms with Gasteiger partial charge in [0, 0.05) is 18.2 Å². The molecule has 1 rings (SSSR count). The molecule has 1 aromatic rings. The maximum Gasteiger partial charge on any atom is 0.305 e. The van der Waals surface area contributed by atoms with Gasteiger partial charge in [-0.25, -0.2) is 0 Å². The summed E-state index contributed by atoms with van der Waals surface area (Å²) in [6, 6.07) is 3.94. The molecule has 0 aliphatic rings. The average molecular weight is 277 g/mol. The summed E-state index contributed by atoms with van der Waals surface area (Å²) >= 11 is 0. The van der Waals surface area contributed by atoms with E-state index in [0.717, 1.165) is 16.7 Å². The Morgan fingerprint density at radius 1 is 1.15 bits per heavy atom. The first-order valence-electron chi connectivity index (χ1n) is 6.84. The Hall–Kier alpha value is -1.84. The molecule has 0 spiro atoms. The van der Waals surface area contributed by atoms with Crippen molar-refractivity contribution in [3.05, 3.63) is 34.4 Å². The number of carbonyl (C=O) groups is 2. The first-order valence-corrected chi connectivity index (χ1v) is 6.84. The van der Waals surface area contributed by atoms with Crippen LogP contribution in [0, 0.1) is 20.8 Å². The molecule has 0 bridgehead atoms. The van der Waals surface area contributed by atoms with Gasteiger partial charge in [0.1, 0.15) is 0 Å². The minimum absolute atomic E-state index is 0.0260. The van der Waals surface area contributed by atoms with Gasteiger partial charge in [-0.3, -0.25) is 9.59 Å². The molecule has 1 aromatic carbocycles. The molecule has 0 radical (unpaired) electrons. The van der Waals surface area contributed by atoms with Gasteiger partial charge >= 0.3 is 5.97 Å². The molecule has 0 aliphatic carbocycles. The fourth-order valence-corrected chi connectivity index (χ4v) is 2.47. The molecule has 110 valence electrons. The van der Waals surface area contributed by atoms with E-state index in [2.05, 4.69) is 0 Å². The molecule has 0 unspecified atom stereocenters. The van der Waals surface area contributed by atoms with Gasteiger partial charge in [-0.2, -0.15) is 0 Å². The highest BCUT2D eigenvalue weighted by molar-refractivity contribution is 5.97. The molecular formula is C16H23NO3. The minimum atomic E-state index is -0.888. The fourth-order valence-electron chi connectivity index (χ4n) is 2.47. The molecule has 0 fully saturated rings. The second kappa shape index (κ2) is 6.55. The number of carbonyl (C=O) groups excluding carboxylic acids is 1. The summed E-state index contributed by atoms with van der Waals surface area (Å²) in [6.45, 7) is 9.88. The number of hydrogen-bond acceptors (Lipinski definition) is 2. The summed E-state index contributed by atoms with van der Waals surface area (Å²) in [4.78, 5) is 25.0. The third kappa shape index (κ3) is 3.83. The smallest absolute Gasteiger partial charge is 0.305 e. The number of aliphatic carboxylic acids is 1. The van der Waals surface area contributed by atoms with E-state index in [0.29, 0.717) is 5.56 Å². The van der Waals surface area contributed by atoms with Gasteiger partial charge in [-0.1, -0.05) is 17.7 Å². The Kier molecular flexibility index (Phi) is 5.31. The Morgan fingerprint density at radius 3 is 2.05 bits per heavy atom. The van der Waals surface area contributed by atoms with Gasteiger partial charge in [0.25, 0.3) is 5.91 Å². The van der Waals surface area contributed by atoms with E-state index in [1.807, 2.05) is 46.8 Å². The molecule has 0 aliphatic heterocycles. The van der Waals surface area contributed by atoms with Crippen LogP contribution in [0.25, 0.3) is 0 Å². The lowest BCUT2D eigenvalue weighted by molar-refractivity contribution is -0.137. The maximum atomic E-state index is 12.7. The van der Waals surface area contributed by atoms with E-state index in [9.17, 15) is 9.59 Å². The van der Waals surface area contributed by atoms with E-state index in [1.165, 1.54) is 0 Å². The van der Waals surface area contributed by atoms with Crippen molar-refractivity contribution >= 4 is 11.9 Å². The molecule has 20 heavy (non-hydrogen) atoms. The van der Waals surface area contributed by atoms with Crippen molar-refractivity contribution in [2.45, 2.75) is 47.1 Å². The van der Waals surface area contributed by atoms with Crippen molar-refractivity contribution in [1.82, 2.24) is 4.90 Å². The van der Waals surface area contributed by atoms with Crippen molar-refractivity contribution in [1.29, 1.82) is 0 Å². The predicted octanol–water partition coefficient (Wildman–Crippen LogP) is 2.94. The third-order valence-corrected chi connectivity index (χ3v) is 3.34. The highest BCUT2D eigenvalue weighted by atomic mass is 16.4. The number of carboxylic acids is 1. The van der Waals surface area contributed by atoms with E-state index < -0.39 is 5.97 Å². The normalized spacial score (nSPS) is 10.7. The zero-order valence-electron chi connectivity index (χ0n) is 12.9. The standard InChI is InChI=1S/C16H23NO3/c1-10(2)17(7-6-14(18)19)16(20)15-12(4)8-11(3)9-13(15)5/h8-10H,6-7H2,1-5H3,(H,18,19). The quantitative estimate of drug-likeness (QED) is 0.900. The summed E-state index contributed by atoms with van der Waals surface area (Å²) in [5.74, 6) is -0.975. The second-order valence-corrected chi connectivity index (χ2v) is 5.51. The Morgan fingerprint density at radius 2 is 1.65 bits per heavy atom. The van der Waals surface area contributed by atoms with Crippen molar-refractivity contribution < 1.29 is 14.7 Å². The van der Waals surface area contributed by atoms with Crippen LogP contribution in [-0.2, 0) is 4.79 Å². The number of amides is 1. The summed E-state index contributed by atoms with van der Waals surface area (Å²) in [7, 11) is 0. The van der Waals surface area contributed by atoms with Crippen molar-refractivity contribution in [2.75, 3.05) is 6.54 Å². The molecular weight excluding hydrogens is 254 g/mol. The van der Waals surface area contributed by atoms with Crippen LogP contribution >= 0.6 is 0 Å². The summed E-state index contributed by atoms with van der Waals surface area (Å²) < 4.78 is 0. The minimum Gasteiger partial charge on any atom is -0.481 e. The first-order chi connectivity index (χ1) is 9.23. The van der Waals surface area contributed by atoms with Crippen LogP contribution in [0.3, 0.4) is 0 Å². The highest BCUT2D eigenvalue weighted by Crippen LogP contribution is 2.19. The topological polar surface area (TPSA) is 57.6 Å². The van der Waals surface area contributed by atoms with Crippen LogP contribution in [0.1, 0.15) is 47.3 Å². The van der Waals surface area contributed by atoms with E-state index in [1.54, 1.807) is 4.90 Å². The van der Waals surface area contributed by atoms with Gasteiger partial charge < -0.3 is 10.0 Å². The van der Waals surface area contributed by atoms with Crippen LogP contribution in [0.2, 0.25) is 0 Å².